The Morgan fingerprint density at radius 2 is 1.82 bits per heavy atom. The highest BCUT2D eigenvalue weighted by Crippen LogP contribution is 2.34. The van der Waals surface area contributed by atoms with Gasteiger partial charge >= 0.3 is 0 Å². The van der Waals surface area contributed by atoms with Crippen LogP contribution in [0, 0.1) is 17.6 Å². The van der Waals surface area contributed by atoms with Gasteiger partial charge in [-0.15, -0.1) is 0 Å². The quantitative estimate of drug-likeness (QED) is 0.627. The van der Waals surface area contributed by atoms with Crippen molar-refractivity contribution < 1.29 is 8.78 Å². The van der Waals surface area contributed by atoms with Gasteiger partial charge < -0.3 is 0 Å². The fourth-order valence-corrected chi connectivity index (χ4v) is 2.69. The molecule has 0 aromatic heterocycles. The number of hydrogen-bond donors (Lipinski definition) is 2. The Bertz CT molecular complexity index is 355. The van der Waals surface area contributed by atoms with Crippen molar-refractivity contribution in [2.75, 3.05) is 0 Å². The van der Waals surface area contributed by atoms with Gasteiger partial charge in [-0.05, 0) is 24.5 Å². The van der Waals surface area contributed by atoms with Crippen LogP contribution in [0.1, 0.15) is 43.7 Å². The molecule has 1 unspecified atom stereocenters. The van der Waals surface area contributed by atoms with Gasteiger partial charge in [0, 0.05) is 5.56 Å². The molecule has 1 aliphatic carbocycles. The third-order valence-electron chi connectivity index (χ3n) is 3.59. The number of hydrazine groups is 1. The van der Waals surface area contributed by atoms with E-state index in [4.69, 9.17) is 5.84 Å². The lowest BCUT2D eigenvalue weighted by Crippen LogP contribution is -2.30. The van der Waals surface area contributed by atoms with E-state index in [1.165, 1.54) is 31.0 Å². The highest BCUT2D eigenvalue weighted by Gasteiger charge is 2.24. The van der Waals surface area contributed by atoms with E-state index in [1.807, 2.05) is 0 Å². The second kappa shape index (κ2) is 5.56. The van der Waals surface area contributed by atoms with E-state index in [0.717, 1.165) is 12.8 Å². The van der Waals surface area contributed by atoms with Crippen molar-refractivity contribution in [1.29, 1.82) is 0 Å². The molecule has 0 amide bonds. The minimum Gasteiger partial charge on any atom is -0.271 e. The van der Waals surface area contributed by atoms with Crippen molar-refractivity contribution in [3.8, 4) is 0 Å². The molecule has 3 N–H and O–H groups in total. The first kappa shape index (κ1) is 12.5. The third kappa shape index (κ3) is 2.82. The predicted octanol–water partition coefficient (Wildman–Crippen LogP) is 3.05. The lowest BCUT2D eigenvalue weighted by Gasteiger charge is -2.21. The third-order valence-corrected chi connectivity index (χ3v) is 3.59. The van der Waals surface area contributed by atoms with Crippen LogP contribution in [0.25, 0.3) is 0 Å². The van der Waals surface area contributed by atoms with Crippen LogP contribution in [0.2, 0.25) is 0 Å². The summed E-state index contributed by atoms with van der Waals surface area (Å²) in [4.78, 5) is 0. The Morgan fingerprint density at radius 3 is 2.35 bits per heavy atom. The summed E-state index contributed by atoms with van der Waals surface area (Å²) >= 11 is 0. The van der Waals surface area contributed by atoms with Crippen LogP contribution in [0.15, 0.2) is 18.2 Å². The molecule has 0 radical (unpaired) electrons. The van der Waals surface area contributed by atoms with Crippen LogP contribution >= 0.6 is 0 Å². The van der Waals surface area contributed by atoms with Crippen molar-refractivity contribution in [2.45, 2.75) is 38.1 Å². The summed E-state index contributed by atoms with van der Waals surface area (Å²) in [5.74, 6) is 4.92. The van der Waals surface area contributed by atoms with E-state index in [-0.39, 0.29) is 5.56 Å². The molecule has 0 bridgehead atoms. The number of halogens is 2. The maximum absolute atomic E-state index is 13.6. The van der Waals surface area contributed by atoms with E-state index in [2.05, 4.69) is 5.43 Å². The molecule has 94 valence electrons. The molecule has 2 rings (SSSR count). The lowest BCUT2D eigenvalue weighted by molar-refractivity contribution is 0.378. The highest BCUT2D eigenvalue weighted by atomic mass is 19.1. The molecular weight excluding hydrogens is 222 g/mol. The average Bonchev–Trinajstić information content (AvgIpc) is 2.80. The average molecular weight is 240 g/mol. The summed E-state index contributed by atoms with van der Waals surface area (Å²) in [7, 11) is 0. The normalized spacial score (nSPS) is 18.5. The monoisotopic (exact) mass is 240 g/mol. The smallest absolute Gasteiger partial charge is 0.130 e. The molecule has 1 fully saturated rings. The van der Waals surface area contributed by atoms with Gasteiger partial charge in [0.15, 0.2) is 0 Å². The fourth-order valence-electron chi connectivity index (χ4n) is 2.69. The fraction of sp³-hybridized carbons (Fsp3) is 0.538. The van der Waals surface area contributed by atoms with Gasteiger partial charge in [0.05, 0.1) is 6.04 Å². The largest absolute Gasteiger partial charge is 0.271 e. The zero-order chi connectivity index (χ0) is 12.3. The molecule has 0 heterocycles. The van der Waals surface area contributed by atoms with Crippen LogP contribution < -0.4 is 11.3 Å². The van der Waals surface area contributed by atoms with Crippen molar-refractivity contribution in [3.63, 3.8) is 0 Å². The predicted molar refractivity (Wildman–Crippen MR) is 63.0 cm³/mol. The maximum Gasteiger partial charge on any atom is 0.130 e. The van der Waals surface area contributed by atoms with E-state index in [0.29, 0.717) is 12.3 Å². The van der Waals surface area contributed by atoms with Crippen LogP contribution in [-0.2, 0) is 0 Å². The van der Waals surface area contributed by atoms with E-state index in [1.54, 1.807) is 0 Å². The molecule has 0 saturated heterocycles. The Hall–Kier alpha value is -1.00. The van der Waals surface area contributed by atoms with E-state index < -0.39 is 17.7 Å². The van der Waals surface area contributed by atoms with Gasteiger partial charge in [0.2, 0.25) is 0 Å². The minimum atomic E-state index is -0.522. The number of nitrogens with two attached hydrogens (primary N) is 1. The zero-order valence-electron chi connectivity index (χ0n) is 9.76. The molecular formula is C13H18F2N2. The summed E-state index contributed by atoms with van der Waals surface area (Å²) in [6, 6.07) is 3.49. The standard InChI is InChI=1S/C13H18F2N2/c14-10-6-3-7-11(15)13(10)12(17-16)8-9-4-1-2-5-9/h3,6-7,9,12,17H,1-2,4-5,8,16H2. The van der Waals surface area contributed by atoms with Crippen LogP contribution in [0.5, 0.6) is 0 Å². The second-order valence-electron chi connectivity index (χ2n) is 4.74. The van der Waals surface area contributed by atoms with Crippen molar-refractivity contribution in [1.82, 2.24) is 5.43 Å². The van der Waals surface area contributed by atoms with E-state index >= 15 is 0 Å². The summed E-state index contributed by atoms with van der Waals surface area (Å²) in [5.41, 5.74) is 2.62. The minimum absolute atomic E-state index is 0.0712. The first-order chi connectivity index (χ1) is 8.22. The van der Waals surface area contributed by atoms with Gasteiger partial charge in [0.25, 0.3) is 0 Å². The first-order valence-corrected chi connectivity index (χ1v) is 6.12. The molecule has 17 heavy (non-hydrogen) atoms. The van der Waals surface area contributed by atoms with Crippen molar-refractivity contribution in [3.05, 3.63) is 35.4 Å². The molecule has 2 nitrogen and oxygen atoms in total. The number of hydrogen-bond acceptors (Lipinski definition) is 2. The molecule has 1 aliphatic rings. The number of rotatable bonds is 4. The molecule has 1 aromatic rings. The summed E-state index contributed by atoms with van der Waals surface area (Å²) < 4.78 is 27.3. The molecule has 0 spiro atoms. The van der Waals surface area contributed by atoms with Crippen molar-refractivity contribution in [2.24, 2.45) is 11.8 Å². The molecule has 1 saturated carbocycles. The Balaban J connectivity index is 2.16. The zero-order valence-corrected chi connectivity index (χ0v) is 9.76. The van der Waals surface area contributed by atoms with Gasteiger partial charge in [-0.1, -0.05) is 31.7 Å². The molecule has 1 aromatic carbocycles. The maximum atomic E-state index is 13.6. The number of nitrogens with one attached hydrogen (secondary N) is 1. The Labute approximate surface area is 100 Å². The molecule has 0 aliphatic heterocycles. The van der Waals surface area contributed by atoms with Crippen LogP contribution in [0.4, 0.5) is 8.78 Å². The highest BCUT2D eigenvalue weighted by molar-refractivity contribution is 5.23. The first-order valence-electron chi connectivity index (χ1n) is 6.12. The van der Waals surface area contributed by atoms with Crippen LogP contribution in [-0.4, -0.2) is 0 Å². The van der Waals surface area contributed by atoms with Crippen molar-refractivity contribution >= 4 is 0 Å². The molecule has 1 atom stereocenters. The van der Waals surface area contributed by atoms with Gasteiger partial charge in [-0.25, -0.2) is 8.78 Å². The summed E-state index contributed by atoms with van der Waals surface area (Å²) in [6.45, 7) is 0. The number of benzene rings is 1. The van der Waals surface area contributed by atoms with Gasteiger partial charge in [-0.2, -0.15) is 0 Å². The molecule has 4 heteroatoms. The SMILES string of the molecule is NNC(CC1CCCC1)c1c(F)cccc1F. The van der Waals surface area contributed by atoms with Crippen LogP contribution in [0.3, 0.4) is 0 Å². The topological polar surface area (TPSA) is 38.0 Å². The Kier molecular flexibility index (Phi) is 4.07. The Morgan fingerprint density at radius 1 is 1.24 bits per heavy atom. The van der Waals surface area contributed by atoms with Gasteiger partial charge in [-0.3, -0.25) is 11.3 Å². The van der Waals surface area contributed by atoms with Gasteiger partial charge in [0.1, 0.15) is 11.6 Å². The second-order valence-corrected chi connectivity index (χ2v) is 4.74. The lowest BCUT2D eigenvalue weighted by atomic mass is 9.93. The summed E-state index contributed by atoms with van der Waals surface area (Å²) in [5, 5.41) is 0. The van der Waals surface area contributed by atoms with E-state index in [9.17, 15) is 8.78 Å². The summed E-state index contributed by atoms with van der Waals surface area (Å²) in [6.07, 6.45) is 5.39.